The van der Waals surface area contributed by atoms with Crippen LogP contribution in [0.4, 0.5) is 5.69 Å². The van der Waals surface area contributed by atoms with Gasteiger partial charge in [0.2, 0.25) is 0 Å². The van der Waals surface area contributed by atoms with E-state index in [1.54, 1.807) is 62.5 Å². The Bertz CT molecular complexity index is 1190. The van der Waals surface area contributed by atoms with E-state index in [0.717, 1.165) is 0 Å². The molecule has 184 valence electrons. The number of carboxylic acid groups (broad SMARTS) is 1. The number of aromatic nitrogens is 1. The van der Waals surface area contributed by atoms with E-state index in [2.05, 4.69) is 15.6 Å². The predicted molar refractivity (Wildman–Crippen MR) is 127 cm³/mol. The first-order valence-corrected chi connectivity index (χ1v) is 10.8. The van der Waals surface area contributed by atoms with Gasteiger partial charge < -0.3 is 29.6 Å². The number of hydrogen-bond donors (Lipinski definition) is 3. The van der Waals surface area contributed by atoms with Crippen molar-refractivity contribution in [1.29, 1.82) is 0 Å². The summed E-state index contributed by atoms with van der Waals surface area (Å²) in [4.78, 5) is 39.7. The first kappa shape index (κ1) is 25.3. The van der Waals surface area contributed by atoms with Crippen molar-refractivity contribution < 1.29 is 33.4 Å². The Morgan fingerprint density at radius 2 is 1.91 bits per heavy atom. The molecule has 3 N–H and O–H groups in total. The summed E-state index contributed by atoms with van der Waals surface area (Å²) in [5, 5.41) is 14.2. The van der Waals surface area contributed by atoms with Gasteiger partial charge in [0.1, 0.15) is 11.5 Å². The lowest BCUT2D eigenvalue weighted by Crippen LogP contribution is -2.48. The average molecular weight is 482 g/mol. The molecule has 0 aliphatic heterocycles. The molecule has 0 aliphatic rings. The molecule has 0 bridgehead atoms. The second kappa shape index (κ2) is 11.2. The Morgan fingerprint density at radius 1 is 1.11 bits per heavy atom. The molecule has 0 atom stereocenters. The molecule has 0 fully saturated rings. The number of benzene rings is 2. The highest BCUT2D eigenvalue weighted by Gasteiger charge is 2.25. The van der Waals surface area contributed by atoms with Crippen LogP contribution >= 0.6 is 0 Å². The van der Waals surface area contributed by atoms with Crippen molar-refractivity contribution in [2.75, 3.05) is 19.0 Å². The van der Waals surface area contributed by atoms with Crippen molar-refractivity contribution in [2.24, 2.45) is 0 Å². The second-order valence-electron chi connectivity index (χ2n) is 8.39. The minimum absolute atomic E-state index is 0.0947. The number of aliphatic carboxylic acids is 1. The number of hydrogen-bond acceptors (Lipinski definition) is 7. The van der Waals surface area contributed by atoms with Crippen LogP contribution in [0.2, 0.25) is 0 Å². The molecule has 0 saturated heterocycles. The van der Waals surface area contributed by atoms with E-state index in [9.17, 15) is 14.4 Å². The summed E-state index contributed by atoms with van der Waals surface area (Å²) in [7, 11) is 1.49. The Kier molecular flexibility index (Phi) is 8.08. The quantitative estimate of drug-likeness (QED) is 0.375. The van der Waals surface area contributed by atoms with Crippen LogP contribution in [0.1, 0.15) is 25.8 Å². The maximum atomic E-state index is 12.5. The zero-order valence-corrected chi connectivity index (χ0v) is 19.7. The molecular weight excluding hydrogens is 454 g/mol. The first-order chi connectivity index (χ1) is 16.7. The molecule has 10 nitrogen and oxygen atoms in total. The van der Waals surface area contributed by atoms with E-state index in [-0.39, 0.29) is 13.0 Å². The largest absolute Gasteiger partial charge is 0.496 e. The molecule has 35 heavy (non-hydrogen) atoms. The third-order valence-corrected chi connectivity index (χ3v) is 5.06. The number of anilines is 1. The Hall–Kier alpha value is -4.34. The van der Waals surface area contributed by atoms with Crippen LogP contribution < -0.4 is 20.1 Å². The summed E-state index contributed by atoms with van der Waals surface area (Å²) in [6, 6.07) is 11.7. The van der Waals surface area contributed by atoms with E-state index in [0.29, 0.717) is 40.5 Å². The number of carbonyl (C=O) groups excluding carboxylic acids is 2. The number of carboxylic acids is 1. The third-order valence-electron chi connectivity index (χ3n) is 5.06. The van der Waals surface area contributed by atoms with Crippen LogP contribution in [0.15, 0.2) is 59.5 Å². The van der Waals surface area contributed by atoms with Crippen molar-refractivity contribution in [2.45, 2.75) is 32.2 Å². The Labute approximate surface area is 202 Å². The number of ether oxygens (including phenoxy) is 2. The topological polar surface area (TPSA) is 140 Å². The lowest BCUT2D eigenvalue weighted by atomic mass is 10.0. The molecule has 2 amide bonds. The van der Waals surface area contributed by atoms with Crippen LogP contribution in [0, 0.1) is 0 Å². The number of nitrogens with zero attached hydrogens (tertiary/aromatic N) is 1. The molecule has 10 heteroatoms. The molecule has 3 aromatic rings. The number of oxazole rings is 1. The monoisotopic (exact) mass is 481 g/mol. The van der Waals surface area contributed by atoms with E-state index in [1.807, 2.05) is 0 Å². The highest BCUT2D eigenvalue weighted by atomic mass is 16.5. The van der Waals surface area contributed by atoms with Gasteiger partial charge in [0, 0.05) is 23.7 Å². The molecule has 1 aromatic heterocycles. The fourth-order valence-corrected chi connectivity index (χ4v) is 3.28. The lowest BCUT2D eigenvalue weighted by Gasteiger charge is -2.26. The van der Waals surface area contributed by atoms with E-state index >= 15 is 0 Å². The smallest absolute Gasteiger partial charge is 0.313 e. The zero-order chi connectivity index (χ0) is 25.4. The van der Waals surface area contributed by atoms with Gasteiger partial charge in [-0.3, -0.25) is 14.4 Å². The van der Waals surface area contributed by atoms with Crippen LogP contribution in [-0.2, 0) is 20.8 Å². The summed E-state index contributed by atoms with van der Waals surface area (Å²) in [6.07, 6.45) is 3.16. The lowest BCUT2D eigenvalue weighted by molar-refractivity contribution is -0.137. The fraction of sp³-hybridized carbons (Fsp3) is 0.280. The number of nitrogens with one attached hydrogen (secondary N) is 2. The van der Waals surface area contributed by atoms with Crippen molar-refractivity contribution in [3.05, 3.63) is 60.6 Å². The summed E-state index contributed by atoms with van der Waals surface area (Å²) in [5.74, 6) is -1.05. The third kappa shape index (κ3) is 7.32. The van der Waals surface area contributed by atoms with Gasteiger partial charge in [-0.2, -0.15) is 0 Å². The number of rotatable bonds is 10. The first-order valence-electron chi connectivity index (χ1n) is 10.8. The summed E-state index contributed by atoms with van der Waals surface area (Å²) in [6.45, 7) is 3.81. The van der Waals surface area contributed by atoms with Gasteiger partial charge in [0.15, 0.2) is 12.2 Å². The Balaban J connectivity index is 1.53. The summed E-state index contributed by atoms with van der Waals surface area (Å²) in [5.41, 5.74) is 0.931. The number of carbonyl (C=O) groups is 3. The highest BCUT2D eigenvalue weighted by Crippen LogP contribution is 2.32. The molecule has 0 spiro atoms. The number of methoxy groups -OCH3 is 1. The molecule has 0 saturated carbocycles. The standard InChI is InChI=1S/C25H27N3O7/c1-25(2,9-10-34-18-6-4-5-16(11-18)12-22(29)30)28-24(32)23(31)27-17-7-8-19(20(13-17)33-3)21-14-26-15-35-21/h4-8,11,13-15H,9-10,12H2,1-3H3,(H,27,31)(H,28,32)(H,29,30). The van der Waals surface area contributed by atoms with Gasteiger partial charge in [0.25, 0.3) is 0 Å². The van der Waals surface area contributed by atoms with E-state index in [4.69, 9.17) is 19.0 Å². The minimum atomic E-state index is -0.923. The normalized spacial score (nSPS) is 10.9. The Morgan fingerprint density at radius 3 is 2.60 bits per heavy atom. The predicted octanol–water partition coefficient (Wildman–Crippen LogP) is 3.28. The van der Waals surface area contributed by atoms with Crippen molar-refractivity contribution in [3.8, 4) is 22.8 Å². The van der Waals surface area contributed by atoms with E-state index in [1.165, 1.54) is 13.5 Å². The van der Waals surface area contributed by atoms with Gasteiger partial charge in [-0.05, 0) is 43.7 Å². The van der Waals surface area contributed by atoms with Crippen LogP contribution in [0.3, 0.4) is 0 Å². The summed E-state index contributed by atoms with van der Waals surface area (Å²) >= 11 is 0. The highest BCUT2D eigenvalue weighted by molar-refractivity contribution is 6.39. The molecular formula is C25H27N3O7. The molecule has 0 aliphatic carbocycles. The van der Waals surface area contributed by atoms with Gasteiger partial charge in [-0.25, -0.2) is 4.98 Å². The minimum Gasteiger partial charge on any atom is -0.496 e. The molecule has 1 heterocycles. The molecule has 2 aromatic carbocycles. The van der Waals surface area contributed by atoms with Crippen LogP contribution in [-0.4, -0.2) is 47.1 Å². The van der Waals surface area contributed by atoms with Crippen LogP contribution in [0.25, 0.3) is 11.3 Å². The maximum absolute atomic E-state index is 12.5. The molecule has 3 rings (SSSR count). The van der Waals surface area contributed by atoms with Gasteiger partial charge >= 0.3 is 17.8 Å². The number of amides is 2. The van der Waals surface area contributed by atoms with E-state index < -0.39 is 23.3 Å². The molecule has 0 unspecified atom stereocenters. The van der Waals surface area contributed by atoms with Crippen molar-refractivity contribution in [1.82, 2.24) is 10.3 Å². The SMILES string of the molecule is COc1cc(NC(=O)C(=O)NC(C)(C)CCOc2cccc(CC(=O)O)c2)ccc1-c1cnco1. The summed E-state index contributed by atoms with van der Waals surface area (Å²) < 4.78 is 16.3. The fourth-order valence-electron chi connectivity index (χ4n) is 3.28. The average Bonchev–Trinajstić information content (AvgIpc) is 3.33. The maximum Gasteiger partial charge on any atom is 0.313 e. The van der Waals surface area contributed by atoms with Crippen molar-refractivity contribution >= 4 is 23.5 Å². The zero-order valence-electron chi connectivity index (χ0n) is 19.7. The van der Waals surface area contributed by atoms with Crippen molar-refractivity contribution in [3.63, 3.8) is 0 Å². The second-order valence-corrected chi connectivity index (χ2v) is 8.39. The van der Waals surface area contributed by atoms with Gasteiger partial charge in [-0.15, -0.1) is 0 Å². The van der Waals surface area contributed by atoms with Crippen LogP contribution in [0.5, 0.6) is 11.5 Å². The molecule has 0 radical (unpaired) electrons. The van der Waals surface area contributed by atoms with Gasteiger partial charge in [0.05, 0.1) is 31.9 Å². The van der Waals surface area contributed by atoms with Gasteiger partial charge in [-0.1, -0.05) is 12.1 Å².